The largest absolute Gasteiger partial charge is 0.481 e. The highest BCUT2D eigenvalue weighted by atomic mass is 16.4. The highest BCUT2D eigenvalue weighted by molar-refractivity contribution is 5.74. The third-order valence-electron chi connectivity index (χ3n) is 4.11. The minimum Gasteiger partial charge on any atom is -0.481 e. The summed E-state index contributed by atoms with van der Waals surface area (Å²) in [6.45, 7) is 3.96. The van der Waals surface area contributed by atoms with E-state index in [1.807, 2.05) is 11.6 Å². The second-order valence-electron chi connectivity index (χ2n) is 5.95. The maximum Gasteiger partial charge on any atom is 0.310 e. The van der Waals surface area contributed by atoms with Gasteiger partial charge in [-0.2, -0.15) is 0 Å². The molecule has 0 spiro atoms. The van der Waals surface area contributed by atoms with Crippen LogP contribution in [0.5, 0.6) is 0 Å². The van der Waals surface area contributed by atoms with Gasteiger partial charge in [0, 0.05) is 6.54 Å². The summed E-state index contributed by atoms with van der Waals surface area (Å²) < 4.78 is 1.90. The van der Waals surface area contributed by atoms with Crippen LogP contribution in [0.4, 0.5) is 0 Å². The normalized spacial score (nSPS) is 28.5. The molecular formula is C12H19N5O2. The first-order chi connectivity index (χ1) is 9.08. The zero-order valence-corrected chi connectivity index (χ0v) is 11.1. The molecule has 1 N–H and O–H groups in total. The molecule has 2 fully saturated rings. The Morgan fingerprint density at radius 3 is 3.00 bits per heavy atom. The lowest BCUT2D eigenvalue weighted by Crippen LogP contribution is -2.45. The second-order valence-corrected chi connectivity index (χ2v) is 5.95. The van der Waals surface area contributed by atoms with Crippen molar-refractivity contribution >= 4 is 5.97 Å². The van der Waals surface area contributed by atoms with Crippen LogP contribution in [-0.4, -0.2) is 49.3 Å². The number of piperidine rings is 1. The highest BCUT2D eigenvalue weighted by Gasteiger charge is 2.38. The van der Waals surface area contributed by atoms with Crippen LogP contribution in [0.2, 0.25) is 0 Å². The van der Waals surface area contributed by atoms with Crippen LogP contribution in [0.15, 0.2) is 0 Å². The summed E-state index contributed by atoms with van der Waals surface area (Å²) in [5.74, 6) is 0.149. The predicted octanol–water partition coefficient (Wildman–Crippen LogP) is 0.695. The molecule has 0 amide bonds. The fourth-order valence-electron chi connectivity index (χ4n) is 2.77. The lowest BCUT2D eigenvalue weighted by molar-refractivity contribution is -0.151. The first-order valence-electron chi connectivity index (χ1n) is 6.81. The second kappa shape index (κ2) is 4.56. The van der Waals surface area contributed by atoms with Gasteiger partial charge in [0.05, 0.1) is 18.0 Å². The molecule has 1 aromatic heterocycles. The molecule has 2 heterocycles. The van der Waals surface area contributed by atoms with Gasteiger partial charge in [-0.3, -0.25) is 9.69 Å². The molecule has 104 valence electrons. The molecule has 0 radical (unpaired) electrons. The Labute approximate surface area is 111 Å². The zero-order chi connectivity index (χ0) is 13.5. The van der Waals surface area contributed by atoms with Crippen molar-refractivity contribution in [3.8, 4) is 0 Å². The fraction of sp³-hybridized carbons (Fsp3) is 0.833. The van der Waals surface area contributed by atoms with E-state index in [1.54, 1.807) is 0 Å². The van der Waals surface area contributed by atoms with Gasteiger partial charge in [-0.25, -0.2) is 4.68 Å². The van der Waals surface area contributed by atoms with Crippen molar-refractivity contribution in [2.45, 2.75) is 45.2 Å². The van der Waals surface area contributed by atoms with Gasteiger partial charge in [0.25, 0.3) is 0 Å². The molecule has 0 aromatic carbocycles. The van der Waals surface area contributed by atoms with Gasteiger partial charge in [-0.1, -0.05) is 0 Å². The first kappa shape index (κ1) is 12.5. The van der Waals surface area contributed by atoms with Crippen molar-refractivity contribution in [1.82, 2.24) is 25.1 Å². The molecule has 1 saturated heterocycles. The minimum absolute atomic E-state index is 0.459. The molecule has 1 atom stereocenters. The van der Waals surface area contributed by atoms with Crippen molar-refractivity contribution in [1.29, 1.82) is 0 Å². The van der Waals surface area contributed by atoms with E-state index in [-0.39, 0.29) is 0 Å². The molecule has 1 aromatic rings. The van der Waals surface area contributed by atoms with Crippen molar-refractivity contribution in [3.63, 3.8) is 0 Å². The summed E-state index contributed by atoms with van der Waals surface area (Å²) in [6.07, 6.45) is 3.94. The molecule has 1 saturated carbocycles. The van der Waals surface area contributed by atoms with Crippen LogP contribution in [0.3, 0.4) is 0 Å². The number of hydrogen-bond acceptors (Lipinski definition) is 5. The van der Waals surface area contributed by atoms with Gasteiger partial charge in [-0.15, -0.1) is 5.10 Å². The van der Waals surface area contributed by atoms with Crippen LogP contribution in [0.1, 0.15) is 44.5 Å². The Morgan fingerprint density at radius 1 is 1.53 bits per heavy atom. The van der Waals surface area contributed by atoms with E-state index in [9.17, 15) is 9.90 Å². The van der Waals surface area contributed by atoms with E-state index in [1.165, 1.54) is 0 Å². The molecule has 7 heteroatoms. The van der Waals surface area contributed by atoms with E-state index in [4.69, 9.17) is 0 Å². The van der Waals surface area contributed by atoms with E-state index in [0.29, 0.717) is 19.1 Å². The zero-order valence-electron chi connectivity index (χ0n) is 11.1. The maximum absolute atomic E-state index is 11.3. The summed E-state index contributed by atoms with van der Waals surface area (Å²) in [7, 11) is 0. The molecule has 1 aliphatic heterocycles. The van der Waals surface area contributed by atoms with Crippen LogP contribution >= 0.6 is 0 Å². The Balaban J connectivity index is 1.69. The van der Waals surface area contributed by atoms with Crippen LogP contribution in [0.25, 0.3) is 0 Å². The number of carboxylic acid groups (broad SMARTS) is 1. The number of carbonyl (C=O) groups is 1. The lowest BCUT2D eigenvalue weighted by atomic mass is 9.82. The monoisotopic (exact) mass is 265 g/mol. The number of aliphatic carboxylic acids is 1. The third-order valence-corrected chi connectivity index (χ3v) is 4.11. The summed E-state index contributed by atoms with van der Waals surface area (Å²) in [6, 6.07) is 0.459. The lowest BCUT2D eigenvalue weighted by Gasteiger charge is -2.37. The average molecular weight is 265 g/mol. The SMILES string of the molecule is CC1(C(=O)O)CCCN(Cc2nnnn2C2CC2)C1. The number of hydrogen-bond donors (Lipinski definition) is 1. The van der Waals surface area contributed by atoms with Crippen LogP contribution in [0, 0.1) is 5.41 Å². The van der Waals surface area contributed by atoms with Crippen molar-refractivity contribution in [2.75, 3.05) is 13.1 Å². The van der Waals surface area contributed by atoms with Gasteiger partial charge >= 0.3 is 5.97 Å². The fourth-order valence-corrected chi connectivity index (χ4v) is 2.77. The van der Waals surface area contributed by atoms with Gasteiger partial charge in [0.15, 0.2) is 5.82 Å². The number of likely N-dealkylation sites (tertiary alicyclic amines) is 1. The molecule has 19 heavy (non-hydrogen) atoms. The molecule has 1 aliphatic carbocycles. The smallest absolute Gasteiger partial charge is 0.310 e. The quantitative estimate of drug-likeness (QED) is 0.862. The Kier molecular flexibility index (Phi) is 3.00. The maximum atomic E-state index is 11.3. The Bertz CT molecular complexity index is 484. The van der Waals surface area contributed by atoms with Gasteiger partial charge in [0.2, 0.25) is 0 Å². The van der Waals surface area contributed by atoms with E-state index >= 15 is 0 Å². The summed E-state index contributed by atoms with van der Waals surface area (Å²) >= 11 is 0. The predicted molar refractivity (Wildman–Crippen MR) is 66.3 cm³/mol. The van der Waals surface area contributed by atoms with Crippen molar-refractivity contribution in [3.05, 3.63) is 5.82 Å². The number of tetrazole rings is 1. The molecule has 0 bridgehead atoms. The van der Waals surface area contributed by atoms with E-state index < -0.39 is 11.4 Å². The number of nitrogens with zero attached hydrogens (tertiary/aromatic N) is 5. The summed E-state index contributed by atoms with van der Waals surface area (Å²) in [5.41, 5.74) is -0.643. The van der Waals surface area contributed by atoms with Crippen LogP contribution < -0.4 is 0 Å². The summed E-state index contributed by atoms with van der Waals surface area (Å²) in [5, 5.41) is 21.2. The summed E-state index contributed by atoms with van der Waals surface area (Å²) in [4.78, 5) is 13.5. The minimum atomic E-state index is -0.709. The van der Waals surface area contributed by atoms with Gasteiger partial charge < -0.3 is 5.11 Å². The molecule has 7 nitrogen and oxygen atoms in total. The number of rotatable bonds is 4. The Hall–Kier alpha value is -1.50. The molecule has 1 unspecified atom stereocenters. The third kappa shape index (κ3) is 2.47. The first-order valence-corrected chi connectivity index (χ1v) is 6.81. The molecular weight excluding hydrogens is 246 g/mol. The topological polar surface area (TPSA) is 84.1 Å². The number of carboxylic acids is 1. The molecule has 3 rings (SSSR count). The standard InChI is InChI=1S/C12H19N5O2/c1-12(11(18)19)5-2-6-16(8-12)7-10-13-14-15-17(10)9-3-4-9/h9H,2-8H2,1H3,(H,18,19). The number of aromatic nitrogens is 4. The van der Waals surface area contributed by atoms with Crippen molar-refractivity contribution in [2.24, 2.45) is 5.41 Å². The van der Waals surface area contributed by atoms with Crippen LogP contribution in [-0.2, 0) is 11.3 Å². The molecule has 2 aliphatic rings. The van der Waals surface area contributed by atoms with E-state index in [2.05, 4.69) is 20.4 Å². The van der Waals surface area contributed by atoms with Crippen molar-refractivity contribution < 1.29 is 9.90 Å². The average Bonchev–Trinajstić information content (AvgIpc) is 3.11. The Morgan fingerprint density at radius 2 is 2.32 bits per heavy atom. The van der Waals surface area contributed by atoms with Gasteiger partial charge in [0.1, 0.15) is 0 Å². The van der Waals surface area contributed by atoms with E-state index in [0.717, 1.165) is 38.1 Å². The van der Waals surface area contributed by atoms with Gasteiger partial charge in [-0.05, 0) is 49.6 Å². The highest BCUT2D eigenvalue weighted by Crippen LogP contribution is 2.35.